The van der Waals surface area contributed by atoms with E-state index >= 15 is 0 Å². The summed E-state index contributed by atoms with van der Waals surface area (Å²) in [5, 5.41) is 3.45. The molecule has 0 saturated carbocycles. The van der Waals surface area contributed by atoms with Crippen molar-refractivity contribution < 1.29 is 13.5 Å². The lowest BCUT2D eigenvalue weighted by atomic mass is 10.0. The van der Waals surface area contributed by atoms with Crippen LogP contribution in [-0.4, -0.2) is 13.7 Å². The van der Waals surface area contributed by atoms with Crippen LogP contribution in [0, 0.1) is 5.82 Å². The summed E-state index contributed by atoms with van der Waals surface area (Å²) in [6.07, 6.45) is 5.14. The van der Waals surface area contributed by atoms with E-state index in [0.717, 1.165) is 24.1 Å². The van der Waals surface area contributed by atoms with Crippen LogP contribution in [0.15, 0.2) is 41.2 Å². The molecule has 1 aromatic heterocycles. The van der Waals surface area contributed by atoms with Crippen molar-refractivity contribution in [2.45, 2.75) is 25.8 Å². The van der Waals surface area contributed by atoms with Crippen molar-refractivity contribution in [3.05, 3.63) is 53.7 Å². The van der Waals surface area contributed by atoms with E-state index in [1.165, 1.54) is 13.2 Å². The highest BCUT2D eigenvalue weighted by atomic mass is 19.1. The molecule has 0 saturated heterocycles. The zero-order valence-corrected chi connectivity index (χ0v) is 11.9. The average Bonchev–Trinajstić information content (AvgIpc) is 2.97. The van der Waals surface area contributed by atoms with Crippen LogP contribution in [0.3, 0.4) is 0 Å². The largest absolute Gasteiger partial charge is 0.494 e. The van der Waals surface area contributed by atoms with Crippen LogP contribution in [0.2, 0.25) is 0 Å². The van der Waals surface area contributed by atoms with Crippen molar-refractivity contribution in [1.82, 2.24) is 5.32 Å². The van der Waals surface area contributed by atoms with Gasteiger partial charge < -0.3 is 14.5 Å². The lowest BCUT2D eigenvalue weighted by molar-refractivity contribution is 0.386. The van der Waals surface area contributed by atoms with E-state index in [9.17, 15) is 4.39 Å². The molecule has 2 aromatic rings. The molecule has 0 radical (unpaired) electrons. The Balaban J connectivity index is 2.13. The molecule has 1 atom stereocenters. The van der Waals surface area contributed by atoms with Gasteiger partial charge in [-0.05, 0) is 43.1 Å². The van der Waals surface area contributed by atoms with Crippen molar-refractivity contribution in [3.8, 4) is 5.75 Å². The second-order valence-electron chi connectivity index (χ2n) is 4.74. The van der Waals surface area contributed by atoms with Crippen LogP contribution in [0.1, 0.15) is 30.5 Å². The maximum Gasteiger partial charge on any atom is 0.165 e. The van der Waals surface area contributed by atoms with E-state index in [0.29, 0.717) is 6.42 Å². The number of methoxy groups -OCH3 is 1. The van der Waals surface area contributed by atoms with Crippen LogP contribution < -0.4 is 10.1 Å². The molecular weight excluding hydrogens is 257 g/mol. The highest BCUT2D eigenvalue weighted by Crippen LogP contribution is 2.23. The van der Waals surface area contributed by atoms with Crippen molar-refractivity contribution >= 4 is 0 Å². The van der Waals surface area contributed by atoms with Crippen LogP contribution in [0.4, 0.5) is 4.39 Å². The quantitative estimate of drug-likeness (QED) is 0.837. The third-order valence-electron chi connectivity index (χ3n) is 3.24. The fraction of sp³-hybridized carbons (Fsp3) is 0.375. The van der Waals surface area contributed by atoms with Crippen molar-refractivity contribution in [1.29, 1.82) is 0 Å². The van der Waals surface area contributed by atoms with E-state index in [4.69, 9.17) is 9.15 Å². The Labute approximate surface area is 118 Å². The summed E-state index contributed by atoms with van der Waals surface area (Å²) in [6.45, 7) is 3.03. The molecule has 0 aliphatic heterocycles. The Morgan fingerprint density at radius 1 is 1.35 bits per heavy atom. The summed E-state index contributed by atoms with van der Waals surface area (Å²) in [6, 6.07) is 7.15. The molecule has 108 valence electrons. The van der Waals surface area contributed by atoms with Gasteiger partial charge in [-0.15, -0.1) is 0 Å². The van der Waals surface area contributed by atoms with Crippen molar-refractivity contribution in [2.24, 2.45) is 0 Å². The monoisotopic (exact) mass is 277 g/mol. The summed E-state index contributed by atoms with van der Waals surface area (Å²) in [5.74, 6) is -0.0541. The number of furan rings is 1. The molecule has 0 aliphatic rings. The number of hydrogen-bond acceptors (Lipinski definition) is 3. The minimum absolute atomic E-state index is 0.126. The summed E-state index contributed by atoms with van der Waals surface area (Å²) in [5.41, 5.74) is 2.01. The number of halogens is 1. The van der Waals surface area contributed by atoms with Gasteiger partial charge >= 0.3 is 0 Å². The molecule has 0 fully saturated rings. The predicted molar refractivity (Wildman–Crippen MR) is 76.4 cm³/mol. The maximum atomic E-state index is 13.7. The van der Waals surface area contributed by atoms with Crippen LogP contribution in [0.5, 0.6) is 5.75 Å². The molecule has 0 aliphatic carbocycles. The lowest BCUT2D eigenvalue weighted by Crippen LogP contribution is -2.23. The highest BCUT2D eigenvalue weighted by Gasteiger charge is 2.14. The molecule has 3 nitrogen and oxygen atoms in total. The molecule has 1 N–H and O–H groups in total. The smallest absolute Gasteiger partial charge is 0.165 e. The minimum atomic E-state index is -0.327. The first-order valence-corrected chi connectivity index (χ1v) is 6.82. The molecule has 20 heavy (non-hydrogen) atoms. The third-order valence-corrected chi connectivity index (χ3v) is 3.24. The van der Waals surface area contributed by atoms with E-state index < -0.39 is 0 Å². The van der Waals surface area contributed by atoms with E-state index in [-0.39, 0.29) is 17.6 Å². The van der Waals surface area contributed by atoms with Gasteiger partial charge in [0.1, 0.15) is 0 Å². The second kappa shape index (κ2) is 7.10. The van der Waals surface area contributed by atoms with Gasteiger partial charge in [0, 0.05) is 11.6 Å². The number of hydrogen-bond donors (Lipinski definition) is 1. The minimum Gasteiger partial charge on any atom is -0.494 e. The molecule has 0 spiro atoms. The standard InChI is InChI=1S/C16H20FNO2/c1-3-7-18-15(13-6-8-20-11-13)10-12-4-5-16(19-2)14(17)9-12/h4-6,8-9,11,15,18H,3,7,10H2,1-2H3. The molecule has 0 bridgehead atoms. The number of nitrogens with one attached hydrogen (secondary N) is 1. The van der Waals surface area contributed by atoms with Crippen LogP contribution >= 0.6 is 0 Å². The molecule has 4 heteroatoms. The molecule has 1 unspecified atom stereocenters. The summed E-state index contributed by atoms with van der Waals surface area (Å²) < 4.78 is 23.8. The van der Waals surface area contributed by atoms with Gasteiger partial charge in [-0.1, -0.05) is 13.0 Å². The SMILES string of the molecule is CCCNC(Cc1ccc(OC)c(F)c1)c1ccoc1. The molecule has 1 heterocycles. The van der Waals surface area contributed by atoms with Crippen LogP contribution in [-0.2, 0) is 6.42 Å². The Morgan fingerprint density at radius 2 is 2.20 bits per heavy atom. The zero-order valence-electron chi connectivity index (χ0n) is 11.9. The van der Waals surface area contributed by atoms with Gasteiger partial charge in [-0.25, -0.2) is 4.39 Å². The number of rotatable bonds is 7. The molecule has 1 aromatic carbocycles. The fourth-order valence-electron chi connectivity index (χ4n) is 2.17. The highest BCUT2D eigenvalue weighted by molar-refractivity contribution is 5.30. The Hall–Kier alpha value is -1.81. The number of benzene rings is 1. The number of ether oxygens (including phenoxy) is 1. The van der Waals surface area contributed by atoms with Crippen LogP contribution in [0.25, 0.3) is 0 Å². The predicted octanol–water partition coefficient (Wildman–Crippen LogP) is 3.71. The summed E-state index contributed by atoms with van der Waals surface area (Å²) >= 11 is 0. The lowest BCUT2D eigenvalue weighted by Gasteiger charge is -2.17. The van der Waals surface area contributed by atoms with Gasteiger partial charge in [0.25, 0.3) is 0 Å². The maximum absolute atomic E-state index is 13.7. The second-order valence-corrected chi connectivity index (χ2v) is 4.74. The molecular formula is C16H20FNO2. The normalized spacial score (nSPS) is 12.3. The summed E-state index contributed by atoms with van der Waals surface area (Å²) in [7, 11) is 1.47. The van der Waals surface area contributed by atoms with Gasteiger partial charge in [0.2, 0.25) is 0 Å². The Kier molecular flexibility index (Phi) is 5.18. The van der Waals surface area contributed by atoms with E-state index in [1.807, 2.05) is 12.1 Å². The molecule has 0 amide bonds. The van der Waals surface area contributed by atoms with E-state index in [1.54, 1.807) is 18.6 Å². The first-order valence-electron chi connectivity index (χ1n) is 6.82. The first kappa shape index (κ1) is 14.6. The van der Waals surface area contributed by atoms with Gasteiger partial charge in [0.15, 0.2) is 11.6 Å². The Bertz CT molecular complexity index is 525. The van der Waals surface area contributed by atoms with Crippen molar-refractivity contribution in [3.63, 3.8) is 0 Å². The van der Waals surface area contributed by atoms with E-state index in [2.05, 4.69) is 12.2 Å². The summed E-state index contributed by atoms with van der Waals surface area (Å²) in [4.78, 5) is 0. The van der Waals surface area contributed by atoms with Crippen molar-refractivity contribution in [2.75, 3.05) is 13.7 Å². The zero-order chi connectivity index (χ0) is 14.4. The fourth-order valence-corrected chi connectivity index (χ4v) is 2.17. The molecule has 2 rings (SSSR count). The van der Waals surface area contributed by atoms with Gasteiger partial charge in [-0.3, -0.25) is 0 Å². The van der Waals surface area contributed by atoms with Gasteiger partial charge in [-0.2, -0.15) is 0 Å². The third kappa shape index (κ3) is 3.61. The topological polar surface area (TPSA) is 34.4 Å². The first-order chi connectivity index (χ1) is 9.74. The average molecular weight is 277 g/mol. The Morgan fingerprint density at radius 3 is 2.80 bits per heavy atom. The van der Waals surface area contributed by atoms with Gasteiger partial charge in [0.05, 0.1) is 19.6 Å².